The van der Waals surface area contributed by atoms with Crippen molar-refractivity contribution in [2.24, 2.45) is 5.92 Å². The minimum absolute atomic E-state index is 0.0315. The van der Waals surface area contributed by atoms with Crippen molar-refractivity contribution < 1.29 is 14.3 Å². The van der Waals surface area contributed by atoms with Crippen LogP contribution in [-0.4, -0.2) is 24.7 Å². The Labute approximate surface area is 152 Å². The summed E-state index contributed by atoms with van der Waals surface area (Å²) in [6.45, 7) is 10.4. The van der Waals surface area contributed by atoms with Crippen LogP contribution in [0.4, 0.5) is 5.69 Å². The molecule has 1 aliphatic rings. The average Bonchev–Trinajstić information content (AvgIpc) is 2.57. The maximum absolute atomic E-state index is 12.9. The lowest BCUT2D eigenvalue weighted by atomic mass is 9.78. The molecule has 0 spiro atoms. The average molecular weight is 347 g/mol. The van der Waals surface area contributed by atoms with Gasteiger partial charge >= 0.3 is 0 Å². The molecule has 1 aliphatic carbocycles. The van der Waals surface area contributed by atoms with E-state index >= 15 is 0 Å². The maximum atomic E-state index is 12.9. The fraction of sp³-hybridized carbons (Fsp3) is 0.667. The van der Waals surface area contributed by atoms with Gasteiger partial charge in [-0.3, -0.25) is 4.79 Å². The molecule has 1 aromatic rings. The molecule has 0 heterocycles. The lowest BCUT2D eigenvalue weighted by molar-refractivity contribution is -0.143. The standard InChI is InChI=1S/C21H33NO3/c1-7-17(5)25-19-15(3)11-18(12-16(19)4)22-20(23)21(24-6)10-8-9-14(2)13-21/h11-12,14,17H,7-10,13H2,1-6H3,(H,22,23)/t14-,17-,21+/m0/s1. The van der Waals surface area contributed by atoms with Crippen LogP contribution in [0.25, 0.3) is 0 Å². The Morgan fingerprint density at radius 1 is 1.36 bits per heavy atom. The molecule has 0 unspecified atom stereocenters. The summed E-state index contributed by atoms with van der Waals surface area (Å²) < 4.78 is 11.7. The van der Waals surface area contributed by atoms with Gasteiger partial charge < -0.3 is 14.8 Å². The number of methoxy groups -OCH3 is 1. The largest absolute Gasteiger partial charge is 0.490 e. The SMILES string of the molecule is CC[C@H](C)Oc1c(C)cc(NC(=O)[C@@]2(OC)CCC[C@H](C)C2)cc1C. The van der Waals surface area contributed by atoms with Gasteiger partial charge in [0.15, 0.2) is 0 Å². The van der Waals surface area contributed by atoms with E-state index in [4.69, 9.17) is 9.47 Å². The second kappa shape index (κ2) is 8.22. The number of hydrogen-bond donors (Lipinski definition) is 1. The highest BCUT2D eigenvalue weighted by Gasteiger charge is 2.42. The number of aryl methyl sites for hydroxylation is 2. The molecule has 2 rings (SSSR count). The van der Waals surface area contributed by atoms with Crippen molar-refractivity contribution in [2.45, 2.75) is 78.4 Å². The van der Waals surface area contributed by atoms with Gasteiger partial charge in [-0.1, -0.05) is 20.3 Å². The number of hydrogen-bond acceptors (Lipinski definition) is 3. The Morgan fingerprint density at radius 3 is 2.52 bits per heavy atom. The van der Waals surface area contributed by atoms with E-state index in [-0.39, 0.29) is 12.0 Å². The summed E-state index contributed by atoms with van der Waals surface area (Å²) in [4.78, 5) is 12.9. The van der Waals surface area contributed by atoms with Gasteiger partial charge in [-0.05, 0) is 75.6 Å². The summed E-state index contributed by atoms with van der Waals surface area (Å²) in [6.07, 6.45) is 4.90. The van der Waals surface area contributed by atoms with Crippen LogP contribution in [0.1, 0.15) is 64.0 Å². The van der Waals surface area contributed by atoms with Crippen molar-refractivity contribution in [1.29, 1.82) is 0 Å². The molecule has 4 nitrogen and oxygen atoms in total. The fourth-order valence-corrected chi connectivity index (χ4v) is 3.73. The monoisotopic (exact) mass is 347 g/mol. The maximum Gasteiger partial charge on any atom is 0.256 e. The zero-order chi connectivity index (χ0) is 18.6. The van der Waals surface area contributed by atoms with Gasteiger partial charge in [-0.15, -0.1) is 0 Å². The number of carbonyl (C=O) groups is 1. The van der Waals surface area contributed by atoms with Crippen molar-refractivity contribution in [3.63, 3.8) is 0 Å². The molecule has 0 saturated heterocycles. The van der Waals surface area contributed by atoms with Crippen LogP contribution in [-0.2, 0) is 9.53 Å². The second-order valence-corrected chi connectivity index (χ2v) is 7.63. The summed E-state index contributed by atoms with van der Waals surface area (Å²) in [7, 11) is 1.65. The van der Waals surface area contributed by atoms with Gasteiger partial charge in [-0.25, -0.2) is 0 Å². The van der Waals surface area contributed by atoms with E-state index in [1.165, 1.54) is 0 Å². The molecule has 1 fully saturated rings. The van der Waals surface area contributed by atoms with Gasteiger partial charge in [0.05, 0.1) is 6.10 Å². The van der Waals surface area contributed by atoms with Crippen molar-refractivity contribution in [3.8, 4) is 5.75 Å². The summed E-state index contributed by atoms with van der Waals surface area (Å²) in [5, 5.41) is 3.08. The first-order valence-electron chi connectivity index (χ1n) is 9.45. The van der Waals surface area contributed by atoms with Gasteiger partial charge in [0, 0.05) is 12.8 Å². The van der Waals surface area contributed by atoms with E-state index in [1.807, 2.05) is 26.0 Å². The molecule has 1 aromatic carbocycles. The third-order valence-corrected chi connectivity index (χ3v) is 5.37. The Bertz CT molecular complexity index is 590. The Hall–Kier alpha value is -1.55. The highest BCUT2D eigenvalue weighted by Crippen LogP contribution is 2.36. The number of benzene rings is 1. The van der Waals surface area contributed by atoms with Crippen LogP contribution >= 0.6 is 0 Å². The van der Waals surface area contributed by atoms with Crippen molar-refractivity contribution >= 4 is 11.6 Å². The van der Waals surface area contributed by atoms with Gasteiger partial charge in [0.1, 0.15) is 11.4 Å². The molecule has 0 radical (unpaired) electrons. The summed E-state index contributed by atoms with van der Waals surface area (Å²) in [6, 6.07) is 3.97. The predicted molar refractivity (Wildman–Crippen MR) is 102 cm³/mol. The van der Waals surface area contributed by atoms with E-state index in [0.717, 1.165) is 54.7 Å². The third-order valence-electron chi connectivity index (χ3n) is 5.37. The minimum Gasteiger partial charge on any atom is -0.490 e. The lowest BCUT2D eigenvalue weighted by Gasteiger charge is -2.37. The Balaban J connectivity index is 2.18. The van der Waals surface area contributed by atoms with Crippen LogP contribution in [0.3, 0.4) is 0 Å². The molecule has 0 bridgehead atoms. The van der Waals surface area contributed by atoms with Crippen LogP contribution in [0, 0.1) is 19.8 Å². The molecule has 3 atom stereocenters. The molecular formula is C21H33NO3. The van der Waals surface area contributed by atoms with E-state index in [0.29, 0.717) is 5.92 Å². The molecule has 25 heavy (non-hydrogen) atoms. The third kappa shape index (κ3) is 4.55. The van der Waals surface area contributed by atoms with Crippen molar-refractivity contribution in [3.05, 3.63) is 23.3 Å². The van der Waals surface area contributed by atoms with Gasteiger partial charge in [0.2, 0.25) is 0 Å². The lowest BCUT2D eigenvalue weighted by Crippen LogP contribution is -2.47. The van der Waals surface area contributed by atoms with E-state index in [2.05, 4.69) is 26.1 Å². The molecule has 1 amide bonds. The van der Waals surface area contributed by atoms with Gasteiger partial charge in [-0.2, -0.15) is 0 Å². The number of nitrogens with one attached hydrogen (secondary N) is 1. The normalized spacial score (nSPS) is 24.6. The Morgan fingerprint density at radius 2 is 2.00 bits per heavy atom. The van der Waals surface area contributed by atoms with Crippen LogP contribution in [0.2, 0.25) is 0 Å². The molecule has 140 valence electrons. The van der Waals surface area contributed by atoms with Crippen LogP contribution < -0.4 is 10.1 Å². The summed E-state index contributed by atoms with van der Waals surface area (Å²) >= 11 is 0. The molecular weight excluding hydrogens is 314 g/mol. The summed E-state index contributed by atoms with van der Waals surface area (Å²) in [5.74, 6) is 1.39. The summed E-state index contributed by atoms with van der Waals surface area (Å²) in [5.41, 5.74) is 2.19. The second-order valence-electron chi connectivity index (χ2n) is 7.63. The molecule has 1 saturated carbocycles. The topological polar surface area (TPSA) is 47.6 Å². The van der Waals surface area contributed by atoms with E-state index < -0.39 is 5.60 Å². The first kappa shape index (κ1) is 19.8. The fourth-order valence-electron chi connectivity index (χ4n) is 3.73. The number of carbonyl (C=O) groups excluding carboxylic acids is 1. The highest BCUT2D eigenvalue weighted by molar-refractivity contribution is 5.97. The molecule has 0 aliphatic heterocycles. The number of ether oxygens (including phenoxy) is 2. The molecule has 4 heteroatoms. The predicted octanol–water partition coefficient (Wildman–Crippen LogP) is 5.01. The van der Waals surface area contributed by atoms with E-state index in [1.54, 1.807) is 7.11 Å². The van der Waals surface area contributed by atoms with E-state index in [9.17, 15) is 4.79 Å². The van der Waals surface area contributed by atoms with Crippen LogP contribution in [0.15, 0.2) is 12.1 Å². The van der Waals surface area contributed by atoms with Crippen molar-refractivity contribution in [2.75, 3.05) is 12.4 Å². The Kier molecular flexibility index (Phi) is 6.50. The molecule has 1 N–H and O–H groups in total. The first-order chi connectivity index (χ1) is 11.8. The smallest absolute Gasteiger partial charge is 0.256 e. The zero-order valence-corrected chi connectivity index (χ0v) is 16.6. The van der Waals surface area contributed by atoms with Crippen LogP contribution in [0.5, 0.6) is 5.75 Å². The number of anilines is 1. The number of amides is 1. The highest BCUT2D eigenvalue weighted by atomic mass is 16.5. The van der Waals surface area contributed by atoms with Crippen molar-refractivity contribution in [1.82, 2.24) is 0 Å². The quantitative estimate of drug-likeness (QED) is 0.786. The number of rotatable bonds is 6. The molecule has 0 aromatic heterocycles. The first-order valence-corrected chi connectivity index (χ1v) is 9.45. The zero-order valence-electron chi connectivity index (χ0n) is 16.6. The minimum atomic E-state index is -0.703. The van der Waals surface area contributed by atoms with Gasteiger partial charge in [0.25, 0.3) is 5.91 Å².